The number of esters is 1. The van der Waals surface area contributed by atoms with Crippen LogP contribution in [0.15, 0.2) is 60.7 Å². The van der Waals surface area contributed by atoms with E-state index in [1.807, 2.05) is 0 Å². The number of rotatable bonds is 6. The van der Waals surface area contributed by atoms with E-state index in [0.29, 0.717) is 11.1 Å². The first-order valence-corrected chi connectivity index (χ1v) is 7.66. The van der Waals surface area contributed by atoms with Crippen LogP contribution < -0.4 is 5.48 Å². The van der Waals surface area contributed by atoms with Crippen molar-refractivity contribution in [3.05, 3.63) is 82.9 Å². The number of carbonyl (C=O) groups is 3. The van der Waals surface area contributed by atoms with E-state index in [1.165, 1.54) is 30.8 Å². The Kier molecular flexibility index (Phi) is 6.59. The highest BCUT2D eigenvalue weighted by Gasteiger charge is 2.08. The average Bonchev–Trinajstić information content (AvgIpc) is 2.70. The van der Waals surface area contributed by atoms with Gasteiger partial charge in [-0.25, -0.2) is 10.3 Å². The van der Waals surface area contributed by atoms with Crippen molar-refractivity contribution >= 4 is 29.8 Å². The quantitative estimate of drug-likeness (QED) is 0.274. The molecule has 0 radical (unpaired) electrons. The van der Waals surface area contributed by atoms with Gasteiger partial charge in [-0.15, -0.1) is 0 Å². The summed E-state index contributed by atoms with van der Waals surface area (Å²) in [6.45, 7) is 0. The van der Waals surface area contributed by atoms with Crippen LogP contribution in [0.2, 0.25) is 0 Å². The summed E-state index contributed by atoms with van der Waals surface area (Å²) in [5, 5.41) is 8.42. The maximum absolute atomic E-state index is 12.2. The second-order valence-corrected chi connectivity index (χ2v) is 5.25. The lowest BCUT2D eigenvalue weighted by atomic mass is 10.1. The molecule has 6 nitrogen and oxygen atoms in total. The van der Waals surface area contributed by atoms with Crippen molar-refractivity contribution in [2.24, 2.45) is 0 Å². The Morgan fingerprint density at radius 1 is 0.923 bits per heavy atom. The van der Waals surface area contributed by atoms with Gasteiger partial charge in [0.25, 0.3) is 5.91 Å². The summed E-state index contributed by atoms with van der Waals surface area (Å²) in [6, 6.07) is 13.4. The van der Waals surface area contributed by atoms with E-state index in [-0.39, 0.29) is 5.78 Å². The molecule has 0 aliphatic heterocycles. The van der Waals surface area contributed by atoms with Crippen LogP contribution >= 0.6 is 0 Å². The molecule has 0 aromatic heterocycles. The zero-order valence-electron chi connectivity index (χ0n) is 14.0. The van der Waals surface area contributed by atoms with Crippen LogP contribution in [-0.4, -0.2) is 30.0 Å². The van der Waals surface area contributed by atoms with Crippen molar-refractivity contribution in [1.82, 2.24) is 5.48 Å². The summed E-state index contributed by atoms with van der Waals surface area (Å²) in [7, 11) is 1.28. The van der Waals surface area contributed by atoms with Gasteiger partial charge in [0.05, 0.1) is 12.7 Å². The molecular weight excluding hydrogens is 334 g/mol. The number of carbonyl (C=O) groups excluding carboxylic acids is 3. The molecule has 0 saturated heterocycles. The van der Waals surface area contributed by atoms with Gasteiger partial charge in [-0.2, -0.15) is 0 Å². The van der Waals surface area contributed by atoms with Crippen molar-refractivity contribution in [3.63, 3.8) is 0 Å². The highest BCUT2D eigenvalue weighted by Crippen LogP contribution is 2.11. The second kappa shape index (κ2) is 9.10. The van der Waals surface area contributed by atoms with Crippen molar-refractivity contribution in [1.29, 1.82) is 0 Å². The predicted octanol–water partition coefficient (Wildman–Crippen LogP) is 2.89. The van der Waals surface area contributed by atoms with Crippen LogP contribution in [-0.2, 0) is 9.53 Å². The van der Waals surface area contributed by atoms with Gasteiger partial charge in [0.1, 0.15) is 0 Å². The number of hydrogen-bond acceptors (Lipinski definition) is 5. The Morgan fingerprint density at radius 2 is 1.50 bits per heavy atom. The number of benzene rings is 2. The van der Waals surface area contributed by atoms with Gasteiger partial charge in [-0.05, 0) is 35.4 Å². The summed E-state index contributed by atoms with van der Waals surface area (Å²) in [4.78, 5) is 34.7. The largest absolute Gasteiger partial charge is 0.465 e. The van der Waals surface area contributed by atoms with Crippen LogP contribution in [0.25, 0.3) is 12.2 Å². The third kappa shape index (κ3) is 5.25. The SMILES string of the molecule is COC(=O)c1cccc(C(=O)/C=C/c2ccc(/C=C/C(=O)NO)cc2)c1. The Labute approximate surface area is 150 Å². The van der Waals surface area contributed by atoms with Gasteiger partial charge in [0.15, 0.2) is 5.78 Å². The molecule has 0 saturated carbocycles. The molecule has 0 fully saturated rings. The van der Waals surface area contributed by atoms with E-state index in [2.05, 4.69) is 4.74 Å². The Bertz CT molecular complexity index is 866. The number of methoxy groups -OCH3 is 1. The lowest BCUT2D eigenvalue weighted by Crippen LogP contribution is -2.14. The van der Waals surface area contributed by atoms with Crippen molar-refractivity contribution in [2.45, 2.75) is 0 Å². The summed E-state index contributed by atoms with van der Waals surface area (Å²) in [5.41, 5.74) is 3.77. The Balaban J connectivity index is 2.07. The normalized spacial score (nSPS) is 10.8. The zero-order valence-corrected chi connectivity index (χ0v) is 14.0. The van der Waals surface area contributed by atoms with E-state index in [0.717, 1.165) is 11.1 Å². The molecule has 2 aromatic rings. The fraction of sp³-hybridized carbons (Fsp3) is 0.0500. The molecule has 0 unspecified atom stereocenters. The molecule has 0 spiro atoms. The minimum atomic E-state index is -0.617. The fourth-order valence-electron chi connectivity index (χ4n) is 2.11. The molecular formula is C20H17NO5. The number of ketones is 1. The zero-order chi connectivity index (χ0) is 18.9. The van der Waals surface area contributed by atoms with Crippen molar-refractivity contribution in [2.75, 3.05) is 7.11 Å². The predicted molar refractivity (Wildman–Crippen MR) is 96.6 cm³/mol. The summed E-state index contributed by atoms with van der Waals surface area (Å²) in [5.74, 6) is -1.35. The molecule has 0 heterocycles. The molecule has 2 aromatic carbocycles. The van der Waals surface area contributed by atoms with E-state index in [9.17, 15) is 14.4 Å². The van der Waals surface area contributed by atoms with Gasteiger partial charge in [-0.3, -0.25) is 14.8 Å². The summed E-state index contributed by atoms with van der Waals surface area (Å²) in [6.07, 6.45) is 5.81. The first kappa shape index (κ1) is 18.8. The van der Waals surface area contributed by atoms with E-state index < -0.39 is 11.9 Å². The van der Waals surface area contributed by atoms with Gasteiger partial charge in [0.2, 0.25) is 0 Å². The van der Waals surface area contributed by atoms with Crippen LogP contribution in [0.4, 0.5) is 0 Å². The summed E-state index contributed by atoms with van der Waals surface area (Å²) >= 11 is 0. The number of ether oxygens (including phenoxy) is 1. The highest BCUT2D eigenvalue weighted by atomic mass is 16.5. The minimum absolute atomic E-state index is 0.237. The number of nitrogens with one attached hydrogen (secondary N) is 1. The highest BCUT2D eigenvalue weighted by molar-refractivity contribution is 6.08. The first-order valence-electron chi connectivity index (χ1n) is 7.66. The summed E-state index contributed by atoms with van der Waals surface area (Å²) < 4.78 is 4.64. The van der Waals surface area contributed by atoms with Crippen LogP contribution in [0.3, 0.4) is 0 Å². The van der Waals surface area contributed by atoms with E-state index >= 15 is 0 Å². The Hall–Kier alpha value is -3.51. The first-order chi connectivity index (χ1) is 12.5. The Morgan fingerprint density at radius 3 is 2.08 bits per heavy atom. The van der Waals surface area contributed by atoms with E-state index in [4.69, 9.17) is 5.21 Å². The maximum atomic E-state index is 12.2. The van der Waals surface area contributed by atoms with Crippen LogP contribution in [0.1, 0.15) is 31.8 Å². The average molecular weight is 351 g/mol. The molecule has 0 atom stereocenters. The molecule has 2 rings (SSSR count). The molecule has 0 bridgehead atoms. The van der Waals surface area contributed by atoms with Gasteiger partial charge in [0, 0.05) is 11.6 Å². The third-order valence-corrected chi connectivity index (χ3v) is 3.47. The fourth-order valence-corrected chi connectivity index (χ4v) is 2.11. The molecule has 132 valence electrons. The van der Waals surface area contributed by atoms with Crippen LogP contribution in [0, 0.1) is 0 Å². The molecule has 0 aliphatic carbocycles. The number of amides is 1. The standard InChI is InChI=1S/C20H17NO5/c1-26-20(24)17-4-2-3-16(13-17)18(22)11-9-14-5-7-15(8-6-14)10-12-19(23)21-25/h2-13,25H,1H3,(H,21,23)/b11-9+,12-10+. The molecule has 6 heteroatoms. The molecule has 1 amide bonds. The smallest absolute Gasteiger partial charge is 0.337 e. The van der Waals surface area contributed by atoms with Gasteiger partial charge < -0.3 is 4.74 Å². The van der Waals surface area contributed by atoms with Gasteiger partial charge in [-0.1, -0.05) is 42.5 Å². The number of allylic oxidation sites excluding steroid dienone is 1. The third-order valence-electron chi connectivity index (χ3n) is 3.47. The monoisotopic (exact) mass is 351 g/mol. The number of hydrogen-bond donors (Lipinski definition) is 2. The van der Waals surface area contributed by atoms with Crippen molar-refractivity contribution < 1.29 is 24.3 Å². The molecule has 0 aliphatic rings. The van der Waals surface area contributed by atoms with Crippen molar-refractivity contribution in [3.8, 4) is 0 Å². The van der Waals surface area contributed by atoms with Gasteiger partial charge >= 0.3 is 5.97 Å². The minimum Gasteiger partial charge on any atom is -0.465 e. The molecule has 26 heavy (non-hydrogen) atoms. The maximum Gasteiger partial charge on any atom is 0.337 e. The topological polar surface area (TPSA) is 92.7 Å². The second-order valence-electron chi connectivity index (χ2n) is 5.25. The van der Waals surface area contributed by atoms with E-state index in [1.54, 1.807) is 54.6 Å². The molecule has 2 N–H and O–H groups in total. The van der Waals surface area contributed by atoms with Crippen LogP contribution in [0.5, 0.6) is 0 Å². The lowest BCUT2D eigenvalue weighted by molar-refractivity contribution is -0.124. The number of hydroxylamine groups is 1. The lowest BCUT2D eigenvalue weighted by Gasteiger charge is -2.01.